The monoisotopic (exact) mass is 441 g/mol. The molecule has 0 bridgehead atoms. The van der Waals surface area contributed by atoms with E-state index in [1.54, 1.807) is 0 Å². The average Bonchev–Trinajstić information content (AvgIpc) is 3.37. The lowest BCUT2D eigenvalue weighted by Crippen LogP contribution is -2.44. The van der Waals surface area contributed by atoms with Gasteiger partial charge in [0, 0.05) is 26.1 Å². The summed E-state index contributed by atoms with van der Waals surface area (Å²) in [5.74, 6) is 1.44. The molecule has 2 heterocycles. The van der Waals surface area contributed by atoms with Crippen LogP contribution in [-0.2, 0) is 16.0 Å². The quantitative estimate of drug-likeness (QED) is 0.626. The molecule has 7 heteroatoms. The molecule has 4 amide bonds. The lowest BCUT2D eigenvalue weighted by atomic mass is 9.90. The van der Waals surface area contributed by atoms with Gasteiger partial charge in [0.2, 0.25) is 5.91 Å². The minimum Gasteiger partial charge on any atom is -0.494 e. The van der Waals surface area contributed by atoms with Crippen LogP contribution in [0.15, 0.2) is 24.3 Å². The van der Waals surface area contributed by atoms with E-state index in [-0.39, 0.29) is 30.8 Å². The van der Waals surface area contributed by atoms with Gasteiger partial charge in [0.15, 0.2) is 0 Å². The third kappa shape index (κ3) is 4.92. The van der Waals surface area contributed by atoms with E-state index in [0.29, 0.717) is 25.4 Å². The number of rotatable bonds is 8. The second-order valence-corrected chi connectivity index (χ2v) is 9.37. The van der Waals surface area contributed by atoms with Gasteiger partial charge in [-0.05, 0) is 69.1 Å². The van der Waals surface area contributed by atoms with Crippen molar-refractivity contribution >= 4 is 17.8 Å². The maximum absolute atomic E-state index is 12.7. The molecule has 1 spiro atoms. The molecule has 2 saturated heterocycles. The Bertz CT molecular complexity index is 824. The molecule has 2 aliphatic heterocycles. The number of aryl methyl sites for hydroxylation is 1. The van der Waals surface area contributed by atoms with E-state index >= 15 is 0 Å². The van der Waals surface area contributed by atoms with E-state index < -0.39 is 5.54 Å². The topological polar surface area (TPSA) is 79.0 Å². The summed E-state index contributed by atoms with van der Waals surface area (Å²) in [5, 5.41) is 2.88. The fraction of sp³-hybridized carbons (Fsp3) is 0.640. The van der Waals surface area contributed by atoms with Crippen molar-refractivity contribution in [2.75, 3.05) is 26.2 Å². The van der Waals surface area contributed by atoms with Crippen LogP contribution in [0.2, 0.25) is 0 Å². The van der Waals surface area contributed by atoms with Crippen LogP contribution in [0.4, 0.5) is 4.79 Å². The third-order valence-corrected chi connectivity index (χ3v) is 7.30. The summed E-state index contributed by atoms with van der Waals surface area (Å²) in [4.78, 5) is 40.9. The Morgan fingerprint density at radius 1 is 1.12 bits per heavy atom. The van der Waals surface area contributed by atoms with Crippen molar-refractivity contribution in [1.29, 1.82) is 0 Å². The minimum atomic E-state index is -0.693. The summed E-state index contributed by atoms with van der Waals surface area (Å²) in [7, 11) is 0. The van der Waals surface area contributed by atoms with E-state index in [0.717, 1.165) is 57.4 Å². The number of carbonyl (C=O) groups excluding carboxylic acids is 3. The molecule has 0 aromatic heterocycles. The molecule has 0 radical (unpaired) electrons. The zero-order valence-corrected chi connectivity index (χ0v) is 19.1. The molecule has 1 aliphatic carbocycles. The zero-order chi connectivity index (χ0) is 22.6. The van der Waals surface area contributed by atoms with Crippen molar-refractivity contribution in [2.45, 2.75) is 70.3 Å². The predicted molar refractivity (Wildman–Crippen MR) is 121 cm³/mol. The first-order valence-electron chi connectivity index (χ1n) is 12.1. The van der Waals surface area contributed by atoms with E-state index in [2.05, 4.69) is 17.4 Å². The third-order valence-electron chi connectivity index (χ3n) is 7.30. The predicted octanol–water partition coefficient (Wildman–Crippen LogP) is 3.51. The largest absolute Gasteiger partial charge is 0.494 e. The van der Waals surface area contributed by atoms with Gasteiger partial charge in [-0.3, -0.25) is 14.5 Å². The van der Waals surface area contributed by atoms with E-state index in [4.69, 9.17) is 4.74 Å². The molecule has 1 aromatic rings. The Hall–Kier alpha value is -2.57. The van der Waals surface area contributed by atoms with Crippen LogP contribution in [0.1, 0.15) is 63.9 Å². The number of nitrogens with zero attached hydrogens (tertiary/aromatic N) is 2. The van der Waals surface area contributed by atoms with Crippen molar-refractivity contribution in [3.63, 3.8) is 0 Å². The molecule has 174 valence electrons. The van der Waals surface area contributed by atoms with E-state index in [1.807, 2.05) is 24.0 Å². The lowest BCUT2D eigenvalue weighted by Gasteiger charge is -2.32. The molecule has 0 unspecified atom stereocenters. The van der Waals surface area contributed by atoms with Gasteiger partial charge in [-0.1, -0.05) is 25.0 Å². The highest BCUT2D eigenvalue weighted by molar-refractivity contribution is 6.07. The lowest BCUT2D eigenvalue weighted by molar-refractivity contribution is -0.134. The van der Waals surface area contributed by atoms with Crippen LogP contribution < -0.4 is 10.1 Å². The van der Waals surface area contributed by atoms with Gasteiger partial charge in [-0.25, -0.2) is 4.79 Å². The summed E-state index contributed by atoms with van der Waals surface area (Å²) < 4.78 is 5.50. The number of hydrogen-bond acceptors (Lipinski definition) is 4. The highest BCUT2D eigenvalue weighted by Crippen LogP contribution is 2.35. The molecular formula is C25H35N3O4. The Kier molecular flexibility index (Phi) is 7.01. The molecule has 4 rings (SSSR count). The van der Waals surface area contributed by atoms with Gasteiger partial charge < -0.3 is 15.0 Å². The van der Waals surface area contributed by atoms with Crippen molar-refractivity contribution in [2.24, 2.45) is 5.92 Å². The molecule has 1 aromatic carbocycles. The number of ether oxygens (including phenoxy) is 1. The van der Waals surface area contributed by atoms with Crippen molar-refractivity contribution < 1.29 is 19.1 Å². The van der Waals surface area contributed by atoms with Crippen LogP contribution in [0, 0.1) is 5.92 Å². The Morgan fingerprint density at radius 3 is 2.47 bits per heavy atom. The maximum atomic E-state index is 12.7. The van der Waals surface area contributed by atoms with Crippen LogP contribution in [0.3, 0.4) is 0 Å². The van der Waals surface area contributed by atoms with Crippen molar-refractivity contribution in [1.82, 2.24) is 15.1 Å². The first-order chi connectivity index (χ1) is 15.5. The standard InChI is InChI=1S/C25H35N3O4/c1-2-32-21-9-7-19(8-10-21)5-6-20-11-16-27(17-12-20)22(29)13-18-28-23(30)25(26-24(28)31)14-3-4-15-25/h7-10,20H,2-6,11-18H2,1H3,(H,26,31). The molecule has 1 saturated carbocycles. The summed E-state index contributed by atoms with van der Waals surface area (Å²) in [5.41, 5.74) is 0.627. The molecule has 0 atom stereocenters. The van der Waals surface area contributed by atoms with Gasteiger partial charge in [0.25, 0.3) is 5.91 Å². The highest BCUT2D eigenvalue weighted by atomic mass is 16.5. The van der Waals surface area contributed by atoms with Gasteiger partial charge in [-0.15, -0.1) is 0 Å². The number of amides is 4. The van der Waals surface area contributed by atoms with Crippen LogP contribution in [0.25, 0.3) is 0 Å². The van der Waals surface area contributed by atoms with Crippen LogP contribution >= 0.6 is 0 Å². The minimum absolute atomic E-state index is 0.0444. The fourth-order valence-corrected chi connectivity index (χ4v) is 5.32. The number of imide groups is 1. The van der Waals surface area contributed by atoms with Crippen LogP contribution in [0.5, 0.6) is 5.75 Å². The van der Waals surface area contributed by atoms with Gasteiger partial charge in [0.05, 0.1) is 6.61 Å². The molecule has 32 heavy (non-hydrogen) atoms. The fourth-order valence-electron chi connectivity index (χ4n) is 5.32. The van der Waals surface area contributed by atoms with E-state index in [9.17, 15) is 14.4 Å². The smallest absolute Gasteiger partial charge is 0.325 e. The first-order valence-corrected chi connectivity index (χ1v) is 12.1. The summed E-state index contributed by atoms with van der Waals surface area (Å²) in [6.07, 6.45) is 7.76. The number of likely N-dealkylation sites (tertiary alicyclic amines) is 1. The average molecular weight is 442 g/mol. The zero-order valence-electron chi connectivity index (χ0n) is 19.1. The molecule has 3 aliphatic rings. The van der Waals surface area contributed by atoms with Crippen LogP contribution in [-0.4, -0.2) is 59.4 Å². The number of urea groups is 1. The van der Waals surface area contributed by atoms with E-state index in [1.165, 1.54) is 10.5 Å². The molecule has 3 fully saturated rings. The molecule has 7 nitrogen and oxygen atoms in total. The van der Waals surface area contributed by atoms with Gasteiger partial charge in [-0.2, -0.15) is 0 Å². The highest BCUT2D eigenvalue weighted by Gasteiger charge is 2.52. The number of benzene rings is 1. The van der Waals surface area contributed by atoms with Crippen molar-refractivity contribution in [3.8, 4) is 5.75 Å². The summed E-state index contributed by atoms with van der Waals surface area (Å²) in [6.45, 7) is 4.37. The summed E-state index contributed by atoms with van der Waals surface area (Å²) >= 11 is 0. The number of nitrogens with one attached hydrogen (secondary N) is 1. The van der Waals surface area contributed by atoms with Crippen molar-refractivity contribution in [3.05, 3.63) is 29.8 Å². The second kappa shape index (κ2) is 9.92. The van der Waals surface area contributed by atoms with Gasteiger partial charge in [0.1, 0.15) is 11.3 Å². The normalized spacial score (nSPS) is 20.8. The number of hydrogen-bond donors (Lipinski definition) is 1. The molecule has 1 N–H and O–H groups in total. The Labute approximate surface area is 190 Å². The van der Waals surface area contributed by atoms with Gasteiger partial charge >= 0.3 is 6.03 Å². The maximum Gasteiger partial charge on any atom is 0.325 e. The SMILES string of the molecule is CCOc1ccc(CCC2CCN(C(=O)CCN3C(=O)NC4(CCCC4)C3=O)CC2)cc1. The Balaban J connectivity index is 1.18. The molecular weight excluding hydrogens is 406 g/mol. The summed E-state index contributed by atoms with van der Waals surface area (Å²) in [6, 6.07) is 7.99. The second-order valence-electron chi connectivity index (χ2n) is 9.37. The Morgan fingerprint density at radius 2 is 1.81 bits per heavy atom. The first kappa shape index (κ1) is 22.6. The number of carbonyl (C=O) groups is 3. The number of piperidine rings is 1.